The summed E-state index contributed by atoms with van der Waals surface area (Å²) < 4.78 is 1.81. The average molecular weight is 259 g/mol. The lowest BCUT2D eigenvalue weighted by Crippen LogP contribution is -2.15. The highest BCUT2D eigenvalue weighted by Gasteiger charge is 2.13. The van der Waals surface area contributed by atoms with Crippen LogP contribution in [0.15, 0.2) is 30.6 Å². The van der Waals surface area contributed by atoms with E-state index in [-0.39, 0.29) is 11.0 Å². The first kappa shape index (κ1) is 13.3. The predicted molar refractivity (Wildman–Crippen MR) is 71.9 cm³/mol. The zero-order valence-electron chi connectivity index (χ0n) is 11.3. The molecule has 0 radical (unpaired) electrons. The Morgan fingerprint density at radius 2 is 1.89 bits per heavy atom. The summed E-state index contributed by atoms with van der Waals surface area (Å²) in [5.74, 6) is -0.320. The number of hydrogen-bond donors (Lipinski definition) is 1. The Hall–Kier alpha value is -2.17. The standard InChI is InChI=1S/C14H17N3O2/c1-14(2,3)8-17-9-15-12(16-17)10-4-6-11(7-5-10)13(18)19/h4-7,9H,8H2,1-3H3,(H,18,19). The van der Waals surface area contributed by atoms with Gasteiger partial charge in [-0.3, -0.25) is 4.68 Å². The summed E-state index contributed by atoms with van der Waals surface area (Å²) in [6, 6.07) is 6.56. The van der Waals surface area contributed by atoms with Crippen LogP contribution in [-0.2, 0) is 6.54 Å². The molecule has 1 aromatic heterocycles. The lowest BCUT2D eigenvalue weighted by Gasteiger charge is -2.16. The Labute approximate surface area is 111 Å². The fourth-order valence-electron chi connectivity index (χ4n) is 1.75. The number of rotatable bonds is 3. The minimum atomic E-state index is -0.933. The van der Waals surface area contributed by atoms with Gasteiger partial charge in [0.15, 0.2) is 5.82 Å². The van der Waals surface area contributed by atoms with E-state index in [4.69, 9.17) is 5.11 Å². The first-order chi connectivity index (χ1) is 8.85. The normalized spacial score (nSPS) is 11.5. The molecule has 5 heteroatoms. The van der Waals surface area contributed by atoms with Gasteiger partial charge in [-0.1, -0.05) is 32.9 Å². The molecule has 0 bridgehead atoms. The van der Waals surface area contributed by atoms with E-state index in [0.717, 1.165) is 12.1 Å². The van der Waals surface area contributed by atoms with Crippen molar-refractivity contribution in [3.8, 4) is 11.4 Å². The summed E-state index contributed by atoms with van der Waals surface area (Å²) in [6.45, 7) is 7.19. The van der Waals surface area contributed by atoms with E-state index in [9.17, 15) is 4.79 Å². The van der Waals surface area contributed by atoms with Gasteiger partial charge < -0.3 is 5.11 Å². The second kappa shape index (κ2) is 4.84. The van der Waals surface area contributed by atoms with Crippen LogP contribution in [0, 0.1) is 5.41 Å². The summed E-state index contributed by atoms with van der Waals surface area (Å²) in [5, 5.41) is 13.2. The molecule has 2 rings (SSSR count). The first-order valence-corrected chi connectivity index (χ1v) is 6.08. The van der Waals surface area contributed by atoms with Crippen LogP contribution in [-0.4, -0.2) is 25.8 Å². The second-order valence-electron chi connectivity index (χ2n) is 5.71. The molecule has 1 heterocycles. The highest BCUT2D eigenvalue weighted by molar-refractivity contribution is 5.88. The Kier molecular flexibility index (Phi) is 3.38. The number of carbonyl (C=O) groups is 1. The van der Waals surface area contributed by atoms with E-state index in [1.165, 1.54) is 0 Å². The molecule has 0 spiro atoms. The van der Waals surface area contributed by atoms with Crippen LogP contribution in [0.2, 0.25) is 0 Å². The second-order valence-corrected chi connectivity index (χ2v) is 5.71. The molecule has 19 heavy (non-hydrogen) atoms. The zero-order chi connectivity index (χ0) is 14.0. The Morgan fingerprint density at radius 1 is 1.26 bits per heavy atom. The van der Waals surface area contributed by atoms with Gasteiger partial charge in [0.1, 0.15) is 6.33 Å². The van der Waals surface area contributed by atoms with Crippen molar-refractivity contribution in [1.82, 2.24) is 14.8 Å². The van der Waals surface area contributed by atoms with Crippen molar-refractivity contribution in [3.05, 3.63) is 36.2 Å². The van der Waals surface area contributed by atoms with Gasteiger partial charge >= 0.3 is 5.97 Å². The van der Waals surface area contributed by atoms with Crippen molar-refractivity contribution < 1.29 is 9.90 Å². The smallest absolute Gasteiger partial charge is 0.335 e. The molecule has 0 aliphatic heterocycles. The molecule has 0 aliphatic rings. The molecule has 0 aliphatic carbocycles. The van der Waals surface area contributed by atoms with Crippen molar-refractivity contribution in [3.63, 3.8) is 0 Å². The maximum atomic E-state index is 10.8. The molecular weight excluding hydrogens is 242 g/mol. The van der Waals surface area contributed by atoms with E-state index in [1.807, 2.05) is 0 Å². The highest BCUT2D eigenvalue weighted by Crippen LogP contribution is 2.18. The van der Waals surface area contributed by atoms with Gasteiger partial charge in [-0.15, -0.1) is 0 Å². The van der Waals surface area contributed by atoms with Gasteiger partial charge in [0.25, 0.3) is 0 Å². The molecule has 5 nitrogen and oxygen atoms in total. The van der Waals surface area contributed by atoms with Crippen LogP contribution in [0.3, 0.4) is 0 Å². The van der Waals surface area contributed by atoms with Crippen molar-refractivity contribution in [1.29, 1.82) is 0 Å². The lowest BCUT2D eigenvalue weighted by molar-refractivity contribution is 0.0697. The van der Waals surface area contributed by atoms with Gasteiger partial charge in [0.2, 0.25) is 0 Å². The Balaban J connectivity index is 2.20. The fourth-order valence-corrected chi connectivity index (χ4v) is 1.75. The topological polar surface area (TPSA) is 68.0 Å². The maximum absolute atomic E-state index is 10.8. The van der Waals surface area contributed by atoms with Crippen molar-refractivity contribution >= 4 is 5.97 Å². The molecular formula is C14H17N3O2. The van der Waals surface area contributed by atoms with Crippen LogP contribution in [0.1, 0.15) is 31.1 Å². The van der Waals surface area contributed by atoms with E-state index in [1.54, 1.807) is 35.3 Å². The molecule has 0 saturated heterocycles. The number of hydrogen-bond acceptors (Lipinski definition) is 3. The first-order valence-electron chi connectivity index (χ1n) is 6.08. The molecule has 100 valence electrons. The maximum Gasteiger partial charge on any atom is 0.335 e. The third kappa shape index (κ3) is 3.40. The molecule has 1 N–H and O–H groups in total. The van der Waals surface area contributed by atoms with Gasteiger partial charge in [-0.2, -0.15) is 5.10 Å². The van der Waals surface area contributed by atoms with E-state index < -0.39 is 5.97 Å². The zero-order valence-corrected chi connectivity index (χ0v) is 11.3. The molecule has 0 atom stereocenters. The van der Waals surface area contributed by atoms with Crippen LogP contribution in [0.25, 0.3) is 11.4 Å². The fraction of sp³-hybridized carbons (Fsp3) is 0.357. The lowest BCUT2D eigenvalue weighted by atomic mass is 9.97. The predicted octanol–water partition coefficient (Wildman–Crippen LogP) is 2.69. The quantitative estimate of drug-likeness (QED) is 0.920. The number of nitrogens with zero attached hydrogens (tertiary/aromatic N) is 3. The molecule has 1 aromatic carbocycles. The number of aromatic nitrogens is 3. The van der Waals surface area contributed by atoms with Crippen LogP contribution in [0.4, 0.5) is 0 Å². The number of benzene rings is 1. The highest BCUT2D eigenvalue weighted by atomic mass is 16.4. The summed E-state index contributed by atoms with van der Waals surface area (Å²) >= 11 is 0. The molecule has 0 fully saturated rings. The third-order valence-corrected chi connectivity index (χ3v) is 2.56. The average Bonchev–Trinajstić information content (AvgIpc) is 2.75. The molecule has 0 unspecified atom stereocenters. The summed E-state index contributed by atoms with van der Waals surface area (Å²) in [4.78, 5) is 15.0. The van der Waals surface area contributed by atoms with Crippen molar-refractivity contribution in [2.45, 2.75) is 27.3 Å². The number of carboxylic acid groups (broad SMARTS) is 1. The summed E-state index contributed by atoms with van der Waals surface area (Å²) in [6.07, 6.45) is 1.70. The van der Waals surface area contributed by atoms with Gasteiger partial charge in [0.05, 0.1) is 5.56 Å². The number of carboxylic acids is 1. The molecule has 0 amide bonds. The Morgan fingerprint density at radius 3 is 2.42 bits per heavy atom. The van der Waals surface area contributed by atoms with Gasteiger partial charge in [-0.05, 0) is 17.5 Å². The summed E-state index contributed by atoms with van der Waals surface area (Å²) in [7, 11) is 0. The summed E-state index contributed by atoms with van der Waals surface area (Å²) in [5.41, 5.74) is 1.22. The van der Waals surface area contributed by atoms with Crippen LogP contribution in [0.5, 0.6) is 0 Å². The van der Waals surface area contributed by atoms with Crippen molar-refractivity contribution in [2.75, 3.05) is 0 Å². The minimum absolute atomic E-state index is 0.137. The SMILES string of the molecule is CC(C)(C)Cn1cnc(-c2ccc(C(=O)O)cc2)n1. The monoisotopic (exact) mass is 259 g/mol. The van der Waals surface area contributed by atoms with E-state index in [0.29, 0.717) is 5.82 Å². The van der Waals surface area contributed by atoms with E-state index in [2.05, 4.69) is 30.9 Å². The third-order valence-electron chi connectivity index (χ3n) is 2.56. The van der Waals surface area contributed by atoms with Gasteiger partial charge in [-0.25, -0.2) is 9.78 Å². The van der Waals surface area contributed by atoms with Crippen LogP contribution < -0.4 is 0 Å². The van der Waals surface area contributed by atoms with Crippen LogP contribution >= 0.6 is 0 Å². The van der Waals surface area contributed by atoms with Gasteiger partial charge in [0, 0.05) is 12.1 Å². The Bertz CT molecular complexity index is 579. The molecule has 2 aromatic rings. The largest absolute Gasteiger partial charge is 0.478 e. The van der Waals surface area contributed by atoms with Crippen molar-refractivity contribution in [2.24, 2.45) is 5.41 Å². The number of aromatic carboxylic acids is 1. The minimum Gasteiger partial charge on any atom is -0.478 e. The molecule has 0 saturated carbocycles. The van der Waals surface area contributed by atoms with E-state index >= 15 is 0 Å².